The first-order valence-electron chi connectivity index (χ1n) is 6.50. The van der Waals surface area contributed by atoms with Gasteiger partial charge in [0.1, 0.15) is 6.10 Å². The molecule has 1 saturated heterocycles. The molecule has 2 nitrogen and oxygen atoms in total. The minimum Gasteiger partial charge on any atom is -0.350 e. The van der Waals surface area contributed by atoms with E-state index in [1.807, 2.05) is 0 Å². The Hall–Kier alpha value is -1.06. The minimum absolute atomic E-state index is 0.0741. The molecule has 2 atom stereocenters. The van der Waals surface area contributed by atoms with Gasteiger partial charge in [0, 0.05) is 13.5 Å². The Morgan fingerprint density at radius 3 is 1.33 bits per heavy atom. The number of rotatable bonds is 3. The summed E-state index contributed by atoms with van der Waals surface area (Å²) in [7, 11) is -0.0741. The summed E-state index contributed by atoms with van der Waals surface area (Å²) in [6.45, 7) is 0. The van der Waals surface area contributed by atoms with Crippen LogP contribution in [0.3, 0.4) is 0 Å². The summed E-state index contributed by atoms with van der Waals surface area (Å²) in [5.74, 6) is -4.73. The maximum atomic E-state index is 14.1. The normalized spacial score (nSPS) is 26.6. The van der Waals surface area contributed by atoms with Gasteiger partial charge < -0.3 is 9.47 Å². The Kier molecular flexibility index (Phi) is 5.52. The summed E-state index contributed by atoms with van der Waals surface area (Å²) >= 11 is 0. The molecule has 0 radical (unpaired) electrons. The van der Waals surface area contributed by atoms with E-state index in [1.54, 1.807) is 0 Å². The van der Waals surface area contributed by atoms with E-state index in [4.69, 9.17) is 0 Å². The Morgan fingerprint density at radius 2 is 1.07 bits per heavy atom. The van der Waals surface area contributed by atoms with Crippen LogP contribution in [0.1, 0.15) is 12.8 Å². The average Bonchev–Trinajstić information content (AvgIpc) is 2.86. The van der Waals surface area contributed by atoms with Gasteiger partial charge >= 0.3 is 36.0 Å². The third-order valence-electron chi connectivity index (χ3n) is 3.97. The van der Waals surface area contributed by atoms with Crippen molar-refractivity contribution in [1.82, 2.24) is 0 Å². The molecule has 0 saturated carbocycles. The van der Waals surface area contributed by atoms with Crippen LogP contribution < -0.4 is 0 Å². The second kappa shape index (κ2) is 6.22. The van der Waals surface area contributed by atoms with Gasteiger partial charge in [-0.05, 0) is 6.42 Å². The predicted octanol–water partition coefficient (Wildman–Crippen LogP) is 5.17. The van der Waals surface area contributed by atoms with Crippen LogP contribution in [0.2, 0.25) is 0 Å². The number of hydrogen-bond donors (Lipinski definition) is 0. The highest BCUT2D eigenvalue weighted by atomic mass is 19.4. The number of halogens is 14. The zero-order valence-corrected chi connectivity index (χ0v) is 12.6. The van der Waals surface area contributed by atoms with Crippen LogP contribution in [0.25, 0.3) is 0 Å². The largest absolute Gasteiger partial charge is 0.437 e. The summed E-state index contributed by atoms with van der Waals surface area (Å²) in [6, 6.07) is 0. The standard InChI is InChI=1S/C11H8F14O2/c1-26-5(7(13,10(20,21)22)11(23,24)25)3-2-4(27-5)6(12,8(14,15)16)9(17,18)19/h4H,2-3H2,1H3. The monoisotopic (exact) mass is 438 g/mol. The van der Waals surface area contributed by atoms with E-state index in [1.165, 1.54) is 0 Å². The van der Waals surface area contributed by atoms with Gasteiger partial charge in [0.2, 0.25) is 5.79 Å². The van der Waals surface area contributed by atoms with Gasteiger partial charge in [0.25, 0.3) is 0 Å². The van der Waals surface area contributed by atoms with Crippen molar-refractivity contribution in [2.45, 2.75) is 60.8 Å². The van der Waals surface area contributed by atoms with Crippen LogP contribution in [0.5, 0.6) is 0 Å². The topological polar surface area (TPSA) is 18.5 Å². The van der Waals surface area contributed by atoms with Crippen molar-refractivity contribution in [3.63, 3.8) is 0 Å². The third-order valence-corrected chi connectivity index (χ3v) is 3.97. The van der Waals surface area contributed by atoms with E-state index in [9.17, 15) is 61.5 Å². The van der Waals surface area contributed by atoms with Crippen molar-refractivity contribution >= 4 is 0 Å². The summed E-state index contributed by atoms with van der Waals surface area (Å²) in [4.78, 5) is 0. The Bertz CT molecular complexity index is 515. The smallest absolute Gasteiger partial charge is 0.350 e. The Labute approximate surface area is 140 Å². The van der Waals surface area contributed by atoms with E-state index in [2.05, 4.69) is 9.47 Å². The fourth-order valence-corrected chi connectivity index (χ4v) is 2.61. The molecule has 1 aliphatic rings. The first-order valence-corrected chi connectivity index (χ1v) is 6.50. The molecular formula is C11H8F14O2. The van der Waals surface area contributed by atoms with Crippen molar-refractivity contribution in [1.29, 1.82) is 0 Å². The quantitative estimate of drug-likeness (QED) is 0.566. The van der Waals surface area contributed by atoms with Gasteiger partial charge in [-0.3, -0.25) is 0 Å². The van der Waals surface area contributed by atoms with Gasteiger partial charge in [-0.15, -0.1) is 0 Å². The van der Waals surface area contributed by atoms with Crippen LogP contribution in [0.15, 0.2) is 0 Å². The van der Waals surface area contributed by atoms with Gasteiger partial charge in [-0.2, -0.15) is 52.7 Å². The third kappa shape index (κ3) is 3.21. The van der Waals surface area contributed by atoms with Crippen molar-refractivity contribution in [2.24, 2.45) is 0 Å². The molecular weight excluding hydrogens is 430 g/mol. The molecule has 0 N–H and O–H groups in total. The molecule has 0 aliphatic carbocycles. The van der Waals surface area contributed by atoms with Gasteiger partial charge in [-0.25, -0.2) is 8.78 Å². The number of ether oxygens (including phenoxy) is 2. The average molecular weight is 438 g/mol. The van der Waals surface area contributed by atoms with Gasteiger partial charge in [0.05, 0.1) is 0 Å². The fraction of sp³-hybridized carbons (Fsp3) is 1.00. The second-order valence-electron chi connectivity index (χ2n) is 5.46. The molecule has 16 heteroatoms. The van der Waals surface area contributed by atoms with E-state index < -0.39 is 60.8 Å². The Balaban J connectivity index is 3.57. The van der Waals surface area contributed by atoms with Crippen molar-refractivity contribution in [2.75, 3.05) is 7.11 Å². The lowest BCUT2D eigenvalue weighted by atomic mass is 9.89. The number of hydrogen-bond acceptors (Lipinski definition) is 2. The molecule has 1 fully saturated rings. The van der Waals surface area contributed by atoms with Crippen LogP contribution in [-0.2, 0) is 9.47 Å². The lowest BCUT2D eigenvalue weighted by Crippen LogP contribution is -2.70. The maximum absolute atomic E-state index is 14.1. The Morgan fingerprint density at radius 1 is 0.704 bits per heavy atom. The molecule has 0 aromatic rings. The maximum Gasteiger partial charge on any atom is 0.437 e. The zero-order chi connectivity index (χ0) is 21.9. The van der Waals surface area contributed by atoms with E-state index in [-0.39, 0.29) is 7.11 Å². The van der Waals surface area contributed by atoms with E-state index in [0.29, 0.717) is 0 Å². The lowest BCUT2D eigenvalue weighted by Gasteiger charge is -2.43. The van der Waals surface area contributed by atoms with Crippen LogP contribution >= 0.6 is 0 Å². The predicted molar refractivity (Wildman–Crippen MR) is 55.7 cm³/mol. The van der Waals surface area contributed by atoms with Gasteiger partial charge in [0.15, 0.2) is 0 Å². The highest BCUT2D eigenvalue weighted by Crippen LogP contribution is 2.61. The van der Waals surface area contributed by atoms with Crippen molar-refractivity contribution < 1.29 is 70.9 Å². The lowest BCUT2D eigenvalue weighted by molar-refractivity contribution is -0.445. The highest BCUT2D eigenvalue weighted by molar-refractivity contribution is 5.13. The molecule has 0 aromatic carbocycles. The van der Waals surface area contributed by atoms with Crippen LogP contribution in [0.4, 0.5) is 61.5 Å². The fourth-order valence-electron chi connectivity index (χ4n) is 2.61. The number of methoxy groups -OCH3 is 1. The van der Waals surface area contributed by atoms with E-state index >= 15 is 0 Å². The molecule has 162 valence electrons. The molecule has 2 unspecified atom stereocenters. The summed E-state index contributed by atoms with van der Waals surface area (Å²) in [5.41, 5.74) is -12.9. The SMILES string of the molecule is COC1(C(F)(C(F)(F)F)C(F)(F)F)CCC(C(F)(C(F)(F)F)C(F)(F)F)O1. The molecule has 0 amide bonds. The minimum atomic E-state index is -6.94. The van der Waals surface area contributed by atoms with Crippen LogP contribution in [-0.4, -0.2) is 55.0 Å². The molecule has 1 heterocycles. The molecule has 27 heavy (non-hydrogen) atoms. The summed E-state index contributed by atoms with van der Waals surface area (Å²) < 4.78 is 188. The molecule has 0 spiro atoms. The molecule has 1 aliphatic heterocycles. The highest BCUT2D eigenvalue weighted by Gasteiger charge is 2.87. The van der Waals surface area contributed by atoms with Crippen molar-refractivity contribution in [3.8, 4) is 0 Å². The first kappa shape index (κ1) is 24.0. The van der Waals surface area contributed by atoms with E-state index in [0.717, 1.165) is 0 Å². The van der Waals surface area contributed by atoms with Crippen LogP contribution in [0, 0.1) is 0 Å². The van der Waals surface area contributed by atoms with Gasteiger partial charge in [-0.1, -0.05) is 0 Å². The molecule has 1 rings (SSSR count). The zero-order valence-electron chi connectivity index (χ0n) is 12.6. The molecule has 0 aromatic heterocycles. The first-order chi connectivity index (χ1) is 11.6. The summed E-state index contributed by atoms with van der Waals surface area (Å²) in [6.07, 6.45) is -35.7. The second-order valence-corrected chi connectivity index (χ2v) is 5.46. The van der Waals surface area contributed by atoms with Crippen molar-refractivity contribution in [3.05, 3.63) is 0 Å². The number of alkyl halides is 14. The summed E-state index contributed by atoms with van der Waals surface area (Å²) in [5, 5.41) is 0. The molecule has 0 bridgehead atoms.